The van der Waals surface area contributed by atoms with E-state index >= 15 is 0 Å². The highest BCUT2D eigenvalue weighted by molar-refractivity contribution is 6.30. The Labute approximate surface area is 218 Å². The van der Waals surface area contributed by atoms with Crippen molar-refractivity contribution in [2.45, 2.75) is 50.7 Å². The number of hydrogen-bond acceptors (Lipinski definition) is 5. The van der Waals surface area contributed by atoms with Gasteiger partial charge in [0.2, 0.25) is 11.8 Å². The summed E-state index contributed by atoms with van der Waals surface area (Å²) in [6.45, 7) is 2.86. The van der Waals surface area contributed by atoms with E-state index in [1.165, 1.54) is 45.2 Å². The van der Waals surface area contributed by atoms with E-state index < -0.39 is 48.1 Å². The number of carbonyl (C=O) groups is 2. The lowest BCUT2D eigenvalue weighted by atomic mass is 9.96. The molecule has 7 nitrogen and oxygen atoms in total. The number of nitrogens with one attached hydrogen (secondary N) is 2. The number of nitrogens with two attached hydrogens (primary N) is 1. The van der Waals surface area contributed by atoms with Crippen LogP contribution in [0.5, 0.6) is 5.75 Å². The van der Waals surface area contributed by atoms with Gasteiger partial charge in [-0.25, -0.2) is 0 Å². The van der Waals surface area contributed by atoms with E-state index in [2.05, 4.69) is 10.6 Å². The third-order valence-corrected chi connectivity index (χ3v) is 5.62. The van der Waals surface area contributed by atoms with Crippen LogP contribution in [-0.2, 0) is 16.0 Å². The van der Waals surface area contributed by atoms with Crippen LogP contribution in [0.25, 0.3) is 0 Å². The Bertz CT molecular complexity index is 1010. The zero-order valence-electron chi connectivity index (χ0n) is 19.9. The Kier molecular flexibility index (Phi) is 12.0. The van der Waals surface area contributed by atoms with Crippen LogP contribution in [0.4, 0.5) is 13.2 Å². The average molecular weight is 552 g/mol. The van der Waals surface area contributed by atoms with Crippen LogP contribution >= 0.6 is 24.0 Å². The summed E-state index contributed by atoms with van der Waals surface area (Å²) in [5.74, 6) is -1.91. The van der Waals surface area contributed by atoms with E-state index in [1.54, 1.807) is 24.3 Å². The second kappa shape index (κ2) is 13.7. The van der Waals surface area contributed by atoms with Gasteiger partial charge in [-0.15, -0.1) is 12.4 Å². The monoisotopic (exact) mass is 551 g/mol. The first-order chi connectivity index (χ1) is 16.3. The Morgan fingerprint density at radius 3 is 2.19 bits per heavy atom. The predicted octanol–water partition coefficient (Wildman–Crippen LogP) is 3.56. The van der Waals surface area contributed by atoms with Crippen molar-refractivity contribution in [1.29, 1.82) is 0 Å². The van der Waals surface area contributed by atoms with Crippen LogP contribution in [-0.4, -0.2) is 48.4 Å². The first-order valence-electron chi connectivity index (χ1n) is 10.8. The number of alkyl halides is 3. The van der Waals surface area contributed by atoms with Gasteiger partial charge in [0, 0.05) is 5.02 Å². The fourth-order valence-electron chi connectivity index (χ4n) is 3.42. The number of rotatable bonds is 10. The van der Waals surface area contributed by atoms with Crippen LogP contribution in [0.2, 0.25) is 5.02 Å². The molecule has 2 amide bonds. The summed E-state index contributed by atoms with van der Waals surface area (Å²) in [6.07, 6.45) is -7.62. The Morgan fingerprint density at radius 2 is 1.69 bits per heavy atom. The summed E-state index contributed by atoms with van der Waals surface area (Å²) in [5, 5.41) is 15.0. The standard InChI is InChI=1S/C24H29ClF3N3O4.ClH/c1-13(2)19(21(32)24(26,27)28)30-23(34)20(15-7-9-17(35-3)10-8-15)31-22(33)18(29)12-14-5-4-6-16(25)11-14;/h4-11,13,18-21,32H,12,29H2,1-3H3,(H,30,34)(H,31,33);1H. The minimum atomic E-state index is -4.94. The van der Waals surface area contributed by atoms with Crippen molar-refractivity contribution < 1.29 is 32.6 Å². The number of benzene rings is 2. The zero-order chi connectivity index (χ0) is 26.3. The summed E-state index contributed by atoms with van der Waals surface area (Å²) in [5.41, 5.74) is 7.01. The van der Waals surface area contributed by atoms with Crippen LogP contribution in [0.15, 0.2) is 48.5 Å². The number of aliphatic hydroxyl groups is 1. The predicted molar refractivity (Wildman–Crippen MR) is 133 cm³/mol. The quantitative estimate of drug-likeness (QED) is 0.360. The molecule has 2 rings (SSSR count). The van der Waals surface area contributed by atoms with Gasteiger partial charge in [0.25, 0.3) is 0 Å². The molecule has 12 heteroatoms. The largest absolute Gasteiger partial charge is 0.497 e. The number of ether oxygens (including phenoxy) is 1. The molecule has 4 atom stereocenters. The molecule has 2 aromatic carbocycles. The van der Waals surface area contributed by atoms with Crippen LogP contribution in [0.1, 0.15) is 31.0 Å². The fourth-order valence-corrected chi connectivity index (χ4v) is 3.63. The van der Waals surface area contributed by atoms with Crippen molar-refractivity contribution >= 4 is 35.8 Å². The topological polar surface area (TPSA) is 114 Å². The van der Waals surface area contributed by atoms with Crippen LogP contribution < -0.4 is 21.1 Å². The van der Waals surface area contributed by atoms with Gasteiger partial charge < -0.3 is 26.2 Å². The second-order valence-corrected chi connectivity index (χ2v) is 8.86. The van der Waals surface area contributed by atoms with Gasteiger partial charge in [0.05, 0.1) is 19.2 Å². The lowest BCUT2D eigenvalue weighted by Gasteiger charge is -2.31. The molecule has 2 aromatic rings. The molecule has 36 heavy (non-hydrogen) atoms. The molecule has 0 aliphatic carbocycles. The Hall–Kier alpha value is -2.53. The van der Waals surface area contributed by atoms with Crippen molar-refractivity contribution in [2.24, 2.45) is 11.7 Å². The van der Waals surface area contributed by atoms with Crippen molar-refractivity contribution in [3.63, 3.8) is 0 Å². The molecule has 0 aliphatic heterocycles. The molecule has 0 fully saturated rings. The van der Waals surface area contributed by atoms with Crippen molar-refractivity contribution in [2.75, 3.05) is 7.11 Å². The first kappa shape index (κ1) is 31.5. The molecular weight excluding hydrogens is 522 g/mol. The molecule has 0 radical (unpaired) electrons. The molecule has 200 valence electrons. The van der Waals surface area contributed by atoms with Gasteiger partial charge in [-0.05, 0) is 47.7 Å². The number of aliphatic hydroxyl groups excluding tert-OH is 1. The highest BCUT2D eigenvalue weighted by Gasteiger charge is 2.45. The summed E-state index contributed by atoms with van der Waals surface area (Å²) in [4.78, 5) is 26.0. The minimum absolute atomic E-state index is 0. The maximum absolute atomic E-state index is 13.2. The third-order valence-electron chi connectivity index (χ3n) is 5.38. The van der Waals surface area contributed by atoms with Gasteiger partial charge in [-0.1, -0.05) is 49.7 Å². The second-order valence-electron chi connectivity index (χ2n) is 8.42. The Morgan fingerprint density at radius 1 is 1.08 bits per heavy atom. The smallest absolute Gasteiger partial charge is 0.416 e. The SMILES string of the molecule is COc1ccc(C(NC(=O)C(N)Cc2cccc(Cl)c2)C(=O)NC(C(C)C)C(O)C(F)(F)F)cc1.Cl. The molecule has 0 heterocycles. The van der Waals surface area contributed by atoms with Crippen molar-refractivity contribution in [3.8, 4) is 5.75 Å². The molecule has 0 aromatic heterocycles. The van der Waals surface area contributed by atoms with E-state index in [0.29, 0.717) is 16.3 Å². The number of hydrogen-bond donors (Lipinski definition) is 4. The minimum Gasteiger partial charge on any atom is -0.497 e. The van der Waals surface area contributed by atoms with Gasteiger partial charge in [-0.3, -0.25) is 9.59 Å². The fraction of sp³-hybridized carbons (Fsp3) is 0.417. The van der Waals surface area contributed by atoms with Gasteiger partial charge in [-0.2, -0.15) is 13.2 Å². The van der Waals surface area contributed by atoms with Gasteiger partial charge in [0.1, 0.15) is 11.8 Å². The van der Waals surface area contributed by atoms with E-state index in [1.807, 2.05) is 0 Å². The van der Waals surface area contributed by atoms with Crippen molar-refractivity contribution in [3.05, 3.63) is 64.7 Å². The average Bonchev–Trinajstić information content (AvgIpc) is 2.79. The molecule has 0 aliphatic rings. The maximum atomic E-state index is 13.2. The molecule has 4 unspecified atom stereocenters. The Balaban J connectivity index is 0.00000648. The molecule has 0 spiro atoms. The van der Waals surface area contributed by atoms with Crippen LogP contribution in [0, 0.1) is 5.92 Å². The maximum Gasteiger partial charge on any atom is 0.416 e. The molecule has 0 saturated heterocycles. The number of carbonyl (C=O) groups excluding carboxylic acids is 2. The van der Waals surface area contributed by atoms with E-state index in [0.717, 1.165) is 0 Å². The lowest BCUT2D eigenvalue weighted by Crippen LogP contribution is -2.56. The highest BCUT2D eigenvalue weighted by atomic mass is 35.5. The molecule has 0 bridgehead atoms. The first-order valence-corrected chi connectivity index (χ1v) is 11.2. The lowest BCUT2D eigenvalue weighted by molar-refractivity contribution is -0.215. The number of amides is 2. The highest BCUT2D eigenvalue weighted by Crippen LogP contribution is 2.26. The number of methoxy groups -OCH3 is 1. The molecular formula is C24H30Cl2F3N3O4. The van der Waals surface area contributed by atoms with E-state index in [-0.39, 0.29) is 24.4 Å². The summed E-state index contributed by atoms with van der Waals surface area (Å²) < 4.78 is 44.6. The molecule has 0 saturated carbocycles. The summed E-state index contributed by atoms with van der Waals surface area (Å²) in [7, 11) is 1.45. The normalized spacial score (nSPS) is 14.7. The summed E-state index contributed by atoms with van der Waals surface area (Å²) in [6, 6.07) is 8.75. The van der Waals surface area contributed by atoms with Gasteiger partial charge in [0.15, 0.2) is 6.10 Å². The van der Waals surface area contributed by atoms with Gasteiger partial charge >= 0.3 is 6.18 Å². The van der Waals surface area contributed by atoms with Crippen LogP contribution in [0.3, 0.4) is 0 Å². The molecule has 5 N–H and O–H groups in total. The third kappa shape index (κ3) is 8.85. The summed E-state index contributed by atoms with van der Waals surface area (Å²) >= 11 is 5.96. The number of halogens is 5. The van der Waals surface area contributed by atoms with E-state index in [9.17, 15) is 27.9 Å². The van der Waals surface area contributed by atoms with Crippen molar-refractivity contribution in [1.82, 2.24) is 10.6 Å². The van der Waals surface area contributed by atoms with E-state index in [4.69, 9.17) is 22.1 Å². The zero-order valence-corrected chi connectivity index (χ0v) is 21.5.